The zero-order chi connectivity index (χ0) is 17.8. The fourth-order valence-electron chi connectivity index (χ4n) is 6.96. The van der Waals surface area contributed by atoms with Gasteiger partial charge in [0.25, 0.3) is 0 Å². The molecule has 1 aromatic heterocycles. The quantitative estimate of drug-likeness (QED) is 0.680. The van der Waals surface area contributed by atoms with E-state index in [1.807, 2.05) is 6.26 Å². The summed E-state index contributed by atoms with van der Waals surface area (Å²) in [6.07, 6.45) is 9.27. The number of carbonyl (C=O) groups excluding carboxylic acids is 1. The largest absolute Gasteiger partial charge is 0.469 e. The van der Waals surface area contributed by atoms with Crippen LogP contribution in [0.25, 0.3) is 0 Å². The van der Waals surface area contributed by atoms with E-state index in [1.54, 1.807) is 0 Å². The van der Waals surface area contributed by atoms with Gasteiger partial charge in [-0.2, -0.15) is 0 Å². The van der Waals surface area contributed by atoms with Gasteiger partial charge in [-0.05, 0) is 66.4 Å². The maximum Gasteiger partial charge on any atom is 0.302 e. The predicted octanol–water partition coefficient (Wildman–Crippen LogP) is 5.34. The van der Waals surface area contributed by atoms with Gasteiger partial charge in [0.15, 0.2) is 0 Å². The van der Waals surface area contributed by atoms with Crippen molar-refractivity contribution < 1.29 is 13.9 Å². The van der Waals surface area contributed by atoms with E-state index in [9.17, 15) is 4.79 Å². The van der Waals surface area contributed by atoms with E-state index < -0.39 is 0 Å². The molecule has 0 spiro atoms. The van der Waals surface area contributed by atoms with E-state index in [2.05, 4.69) is 26.8 Å². The van der Waals surface area contributed by atoms with Gasteiger partial charge in [0.05, 0.1) is 12.9 Å². The van der Waals surface area contributed by atoms with E-state index in [0.29, 0.717) is 29.8 Å². The first-order valence-electron chi connectivity index (χ1n) is 10.0. The van der Waals surface area contributed by atoms with Crippen LogP contribution in [0.2, 0.25) is 0 Å². The van der Waals surface area contributed by atoms with Crippen LogP contribution in [0.5, 0.6) is 0 Å². The third kappa shape index (κ3) is 2.57. The monoisotopic (exact) mass is 344 g/mol. The maximum absolute atomic E-state index is 11.4. The van der Waals surface area contributed by atoms with Crippen LogP contribution in [0.3, 0.4) is 0 Å². The fourth-order valence-corrected chi connectivity index (χ4v) is 6.96. The van der Waals surface area contributed by atoms with Crippen LogP contribution in [0.1, 0.15) is 77.0 Å². The van der Waals surface area contributed by atoms with Gasteiger partial charge in [0.1, 0.15) is 5.76 Å². The summed E-state index contributed by atoms with van der Waals surface area (Å²) in [7, 11) is 0. The summed E-state index contributed by atoms with van der Waals surface area (Å²) in [5.41, 5.74) is 1.90. The van der Waals surface area contributed by atoms with Crippen LogP contribution in [0.4, 0.5) is 0 Å². The summed E-state index contributed by atoms with van der Waals surface area (Å²) >= 11 is 0. The maximum atomic E-state index is 11.4. The molecule has 0 unspecified atom stereocenters. The van der Waals surface area contributed by atoms with Gasteiger partial charge in [-0.1, -0.05) is 27.2 Å². The minimum atomic E-state index is -0.145. The first-order valence-corrected chi connectivity index (χ1v) is 10.0. The second-order valence-corrected chi connectivity index (χ2v) is 9.49. The molecule has 1 heterocycles. The summed E-state index contributed by atoms with van der Waals surface area (Å²) in [5.74, 6) is 3.78. The van der Waals surface area contributed by atoms with Crippen LogP contribution in [-0.2, 0) is 16.0 Å². The standard InChI is InChI=1S/C22H32O3/c1-14-16-6-7-20-21(3,13-25-15(2)23)9-5-10-22(20,4)18(16)12-19-17(14)8-11-24-19/h8,11,14,16,18,20H,5-7,9-10,12-13H2,1-4H3/t14-,16+,18+,20+,21-,22-/m1/s1. The molecular formula is C22H32O3. The number of hydrogen-bond acceptors (Lipinski definition) is 3. The highest BCUT2D eigenvalue weighted by Gasteiger charge is 2.58. The van der Waals surface area contributed by atoms with Crippen LogP contribution in [-0.4, -0.2) is 12.6 Å². The lowest BCUT2D eigenvalue weighted by molar-refractivity contribution is -0.159. The lowest BCUT2D eigenvalue weighted by atomic mass is 9.43. The number of hydrogen-bond donors (Lipinski definition) is 0. The Balaban J connectivity index is 1.66. The zero-order valence-corrected chi connectivity index (χ0v) is 16.1. The van der Waals surface area contributed by atoms with Gasteiger partial charge < -0.3 is 9.15 Å². The van der Waals surface area contributed by atoms with Crippen molar-refractivity contribution >= 4 is 5.97 Å². The molecule has 0 aliphatic heterocycles. The Bertz CT molecular complexity index is 662. The highest BCUT2D eigenvalue weighted by Crippen LogP contribution is 2.64. The minimum Gasteiger partial charge on any atom is -0.469 e. The van der Waals surface area contributed by atoms with Crippen LogP contribution in [0.15, 0.2) is 16.7 Å². The van der Waals surface area contributed by atoms with Crippen LogP contribution in [0, 0.1) is 28.6 Å². The molecule has 0 aromatic carbocycles. The Kier molecular flexibility index (Phi) is 4.05. The molecule has 3 nitrogen and oxygen atoms in total. The zero-order valence-electron chi connectivity index (χ0n) is 16.1. The second kappa shape index (κ2) is 5.89. The lowest BCUT2D eigenvalue weighted by Gasteiger charge is -2.61. The molecule has 2 saturated carbocycles. The summed E-state index contributed by atoms with van der Waals surface area (Å²) in [5, 5.41) is 0. The SMILES string of the molecule is CC(=O)OC[C@@]1(C)CCC[C@]2(C)[C@H]3Cc4occc4[C@H](C)[C@@H]3CC[C@@H]12. The highest BCUT2D eigenvalue weighted by molar-refractivity contribution is 5.65. The Morgan fingerprint density at radius 1 is 1.32 bits per heavy atom. The highest BCUT2D eigenvalue weighted by atomic mass is 16.5. The van der Waals surface area contributed by atoms with Crippen molar-refractivity contribution in [2.45, 2.75) is 72.1 Å². The molecule has 138 valence electrons. The summed E-state index contributed by atoms with van der Waals surface area (Å²) in [6.45, 7) is 9.41. The minimum absolute atomic E-state index is 0.121. The first kappa shape index (κ1) is 17.2. The molecule has 3 aliphatic carbocycles. The van der Waals surface area contributed by atoms with E-state index in [1.165, 1.54) is 50.4 Å². The summed E-state index contributed by atoms with van der Waals surface area (Å²) in [6, 6.07) is 2.19. The third-order valence-corrected chi connectivity index (χ3v) is 8.18. The Morgan fingerprint density at radius 2 is 2.12 bits per heavy atom. The van der Waals surface area contributed by atoms with Crippen molar-refractivity contribution in [1.29, 1.82) is 0 Å². The van der Waals surface area contributed by atoms with Gasteiger partial charge in [0.2, 0.25) is 0 Å². The molecule has 0 radical (unpaired) electrons. The van der Waals surface area contributed by atoms with Gasteiger partial charge in [-0.25, -0.2) is 0 Å². The molecule has 3 aliphatic rings. The van der Waals surface area contributed by atoms with Gasteiger partial charge in [0, 0.05) is 18.8 Å². The molecule has 0 N–H and O–H groups in total. The Labute approximate surface area is 151 Å². The topological polar surface area (TPSA) is 39.4 Å². The molecule has 0 bridgehead atoms. The van der Waals surface area contributed by atoms with Crippen molar-refractivity contribution in [2.24, 2.45) is 28.6 Å². The number of carbonyl (C=O) groups is 1. The van der Waals surface area contributed by atoms with Gasteiger partial charge in [-0.15, -0.1) is 0 Å². The van der Waals surface area contributed by atoms with Gasteiger partial charge in [-0.3, -0.25) is 4.79 Å². The molecule has 6 atom stereocenters. The van der Waals surface area contributed by atoms with Gasteiger partial charge >= 0.3 is 5.97 Å². The number of furan rings is 1. The van der Waals surface area contributed by atoms with Crippen LogP contribution >= 0.6 is 0 Å². The molecule has 1 aromatic rings. The molecule has 0 amide bonds. The van der Waals surface area contributed by atoms with E-state index >= 15 is 0 Å². The summed E-state index contributed by atoms with van der Waals surface area (Å²) in [4.78, 5) is 11.4. The molecule has 3 heteroatoms. The summed E-state index contributed by atoms with van der Waals surface area (Å²) < 4.78 is 11.4. The average molecular weight is 344 g/mol. The molecule has 25 heavy (non-hydrogen) atoms. The van der Waals surface area contributed by atoms with E-state index in [0.717, 1.165) is 12.3 Å². The molecule has 4 rings (SSSR count). The molecular weight excluding hydrogens is 312 g/mol. The van der Waals surface area contributed by atoms with Crippen LogP contribution < -0.4 is 0 Å². The number of esters is 1. The fraction of sp³-hybridized carbons (Fsp3) is 0.773. The number of rotatable bonds is 2. The first-order chi connectivity index (χ1) is 11.8. The van der Waals surface area contributed by atoms with Crippen molar-refractivity contribution in [2.75, 3.05) is 6.61 Å². The van der Waals surface area contributed by atoms with Crippen molar-refractivity contribution in [3.8, 4) is 0 Å². The second-order valence-electron chi connectivity index (χ2n) is 9.49. The number of fused-ring (bicyclic) bond motifs is 4. The molecule has 0 saturated heterocycles. The normalized spacial score (nSPS) is 42.9. The molecule has 2 fully saturated rings. The van der Waals surface area contributed by atoms with Crippen molar-refractivity contribution in [3.05, 3.63) is 23.7 Å². The van der Waals surface area contributed by atoms with E-state index in [-0.39, 0.29) is 11.4 Å². The smallest absolute Gasteiger partial charge is 0.302 e. The average Bonchev–Trinajstić information content (AvgIpc) is 3.03. The Hall–Kier alpha value is -1.25. The Morgan fingerprint density at radius 3 is 2.88 bits per heavy atom. The number of ether oxygens (including phenoxy) is 1. The predicted molar refractivity (Wildman–Crippen MR) is 97.2 cm³/mol. The van der Waals surface area contributed by atoms with Crippen molar-refractivity contribution in [1.82, 2.24) is 0 Å². The third-order valence-electron chi connectivity index (χ3n) is 8.18. The van der Waals surface area contributed by atoms with E-state index in [4.69, 9.17) is 9.15 Å². The van der Waals surface area contributed by atoms with Crippen molar-refractivity contribution in [3.63, 3.8) is 0 Å². The lowest BCUT2D eigenvalue weighted by Crippen LogP contribution is -2.55.